The lowest BCUT2D eigenvalue weighted by Gasteiger charge is -2.34. The first-order valence-electron chi connectivity index (χ1n) is 8.28. The van der Waals surface area contributed by atoms with Gasteiger partial charge in [0, 0.05) is 63.8 Å². The molecule has 2 aromatic rings. The minimum absolute atomic E-state index is 0.156. The summed E-state index contributed by atoms with van der Waals surface area (Å²) >= 11 is 0. The molecule has 1 aliphatic heterocycles. The SMILES string of the molecule is O=[N+]([O-])c1ccc(CCN2CCN(Cc3ccncc3)CC2)cc1. The minimum Gasteiger partial charge on any atom is -0.300 e. The number of piperazine rings is 1. The predicted octanol–water partition coefficient (Wildman–Crippen LogP) is 2.35. The largest absolute Gasteiger partial charge is 0.300 e. The van der Waals surface area contributed by atoms with Crippen molar-refractivity contribution in [3.8, 4) is 0 Å². The van der Waals surface area contributed by atoms with Crippen molar-refractivity contribution in [3.63, 3.8) is 0 Å². The van der Waals surface area contributed by atoms with Crippen molar-refractivity contribution in [2.75, 3.05) is 32.7 Å². The Morgan fingerprint density at radius 2 is 1.54 bits per heavy atom. The molecule has 0 N–H and O–H groups in total. The summed E-state index contributed by atoms with van der Waals surface area (Å²) in [5.74, 6) is 0. The van der Waals surface area contributed by atoms with Gasteiger partial charge in [-0.15, -0.1) is 0 Å². The Bertz CT molecular complexity index is 652. The number of nitrogens with zero attached hydrogens (tertiary/aromatic N) is 4. The van der Waals surface area contributed by atoms with Crippen molar-refractivity contribution in [2.24, 2.45) is 0 Å². The van der Waals surface area contributed by atoms with Crippen LogP contribution in [0.3, 0.4) is 0 Å². The molecule has 6 nitrogen and oxygen atoms in total. The lowest BCUT2D eigenvalue weighted by atomic mass is 10.1. The third-order valence-electron chi connectivity index (χ3n) is 4.48. The lowest BCUT2D eigenvalue weighted by Crippen LogP contribution is -2.46. The molecule has 0 aliphatic carbocycles. The number of rotatable bonds is 6. The minimum atomic E-state index is -0.355. The number of nitro benzene ring substituents is 1. The van der Waals surface area contributed by atoms with Crippen LogP contribution < -0.4 is 0 Å². The highest BCUT2D eigenvalue weighted by Crippen LogP contribution is 2.13. The Hall–Kier alpha value is -2.31. The van der Waals surface area contributed by atoms with Gasteiger partial charge in [-0.2, -0.15) is 0 Å². The van der Waals surface area contributed by atoms with Gasteiger partial charge in [-0.25, -0.2) is 0 Å². The van der Waals surface area contributed by atoms with E-state index < -0.39 is 0 Å². The Labute approximate surface area is 141 Å². The summed E-state index contributed by atoms with van der Waals surface area (Å²) in [4.78, 5) is 19.3. The molecule has 126 valence electrons. The van der Waals surface area contributed by atoms with Crippen LogP contribution in [0.4, 0.5) is 5.69 Å². The zero-order chi connectivity index (χ0) is 16.8. The summed E-state index contributed by atoms with van der Waals surface area (Å²) in [6.07, 6.45) is 4.62. The summed E-state index contributed by atoms with van der Waals surface area (Å²) < 4.78 is 0. The third kappa shape index (κ3) is 4.59. The quantitative estimate of drug-likeness (QED) is 0.602. The maximum Gasteiger partial charge on any atom is 0.269 e. The second-order valence-electron chi connectivity index (χ2n) is 6.15. The molecular weight excluding hydrogens is 304 g/mol. The Morgan fingerprint density at radius 3 is 2.17 bits per heavy atom. The molecule has 1 aromatic carbocycles. The highest BCUT2D eigenvalue weighted by atomic mass is 16.6. The zero-order valence-electron chi connectivity index (χ0n) is 13.7. The van der Waals surface area contributed by atoms with Gasteiger partial charge in [-0.3, -0.25) is 20.0 Å². The van der Waals surface area contributed by atoms with E-state index in [1.807, 2.05) is 24.5 Å². The predicted molar refractivity (Wildman–Crippen MR) is 92.8 cm³/mol. The highest BCUT2D eigenvalue weighted by Gasteiger charge is 2.16. The average molecular weight is 326 g/mol. The summed E-state index contributed by atoms with van der Waals surface area (Å²) in [6.45, 7) is 6.26. The topological polar surface area (TPSA) is 62.5 Å². The van der Waals surface area contributed by atoms with E-state index in [0.29, 0.717) is 0 Å². The smallest absolute Gasteiger partial charge is 0.269 e. The zero-order valence-corrected chi connectivity index (χ0v) is 13.7. The fourth-order valence-corrected chi connectivity index (χ4v) is 2.99. The average Bonchev–Trinajstić information content (AvgIpc) is 2.62. The van der Waals surface area contributed by atoms with Crippen molar-refractivity contribution in [1.82, 2.24) is 14.8 Å². The van der Waals surface area contributed by atoms with E-state index in [2.05, 4.69) is 26.9 Å². The van der Waals surface area contributed by atoms with Gasteiger partial charge in [0.1, 0.15) is 0 Å². The molecule has 0 amide bonds. The molecule has 0 spiro atoms. The Kier molecular flexibility index (Phi) is 5.51. The van der Waals surface area contributed by atoms with Crippen molar-refractivity contribution in [3.05, 3.63) is 70.0 Å². The van der Waals surface area contributed by atoms with E-state index in [4.69, 9.17) is 0 Å². The normalized spacial score (nSPS) is 16.2. The van der Waals surface area contributed by atoms with Crippen LogP contribution in [0, 0.1) is 10.1 Å². The second kappa shape index (κ2) is 7.99. The van der Waals surface area contributed by atoms with Gasteiger partial charge in [-0.05, 0) is 29.7 Å². The lowest BCUT2D eigenvalue weighted by molar-refractivity contribution is -0.384. The van der Waals surface area contributed by atoms with Crippen LogP contribution in [0.2, 0.25) is 0 Å². The van der Waals surface area contributed by atoms with E-state index in [1.165, 1.54) is 5.56 Å². The number of hydrogen-bond donors (Lipinski definition) is 0. The van der Waals surface area contributed by atoms with Gasteiger partial charge in [-0.1, -0.05) is 12.1 Å². The van der Waals surface area contributed by atoms with Gasteiger partial charge in [0.05, 0.1) is 4.92 Å². The van der Waals surface area contributed by atoms with Crippen molar-refractivity contribution in [2.45, 2.75) is 13.0 Å². The van der Waals surface area contributed by atoms with E-state index in [-0.39, 0.29) is 10.6 Å². The van der Waals surface area contributed by atoms with Crippen molar-refractivity contribution in [1.29, 1.82) is 0 Å². The van der Waals surface area contributed by atoms with E-state index in [1.54, 1.807) is 12.1 Å². The van der Waals surface area contributed by atoms with Gasteiger partial charge in [0.25, 0.3) is 5.69 Å². The molecule has 0 atom stereocenters. The van der Waals surface area contributed by atoms with Crippen LogP contribution in [-0.2, 0) is 13.0 Å². The first-order chi connectivity index (χ1) is 11.7. The number of non-ortho nitro benzene ring substituents is 1. The number of pyridine rings is 1. The Balaban J connectivity index is 1.41. The second-order valence-corrected chi connectivity index (χ2v) is 6.15. The molecule has 3 rings (SSSR count). The van der Waals surface area contributed by atoms with Crippen LogP contribution in [0.1, 0.15) is 11.1 Å². The van der Waals surface area contributed by atoms with Gasteiger partial charge in [0.2, 0.25) is 0 Å². The first-order valence-corrected chi connectivity index (χ1v) is 8.28. The standard InChI is InChI=1S/C18H22N4O2/c23-22(24)18-3-1-16(2-4-18)7-10-20-11-13-21(14-12-20)15-17-5-8-19-9-6-17/h1-6,8-9H,7,10-15H2. The van der Waals surface area contributed by atoms with Crippen LogP contribution in [0.15, 0.2) is 48.8 Å². The number of hydrogen-bond acceptors (Lipinski definition) is 5. The molecule has 24 heavy (non-hydrogen) atoms. The van der Waals surface area contributed by atoms with Crippen molar-refractivity contribution < 1.29 is 4.92 Å². The van der Waals surface area contributed by atoms with E-state index in [0.717, 1.165) is 51.3 Å². The Morgan fingerprint density at radius 1 is 0.917 bits per heavy atom. The van der Waals surface area contributed by atoms with Gasteiger partial charge in [0.15, 0.2) is 0 Å². The molecule has 2 heterocycles. The fraction of sp³-hybridized carbons (Fsp3) is 0.389. The summed E-state index contributed by atoms with van der Waals surface area (Å²) in [5, 5.41) is 10.7. The molecular formula is C18H22N4O2. The monoisotopic (exact) mass is 326 g/mol. The maximum atomic E-state index is 10.7. The van der Waals surface area contributed by atoms with Crippen LogP contribution in [-0.4, -0.2) is 52.4 Å². The molecule has 0 bridgehead atoms. The summed E-state index contributed by atoms with van der Waals surface area (Å²) in [5.41, 5.74) is 2.62. The molecule has 6 heteroatoms. The maximum absolute atomic E-state index is 10.7. The molecule has 0 radical (unpaired) electrons. The van der Waals surface area contributed by atoms with Crippen molar-refractivity contribution >= 4 is 5.69 Å². The van der Waals surface area contributed by atoms with Gasteiger partial charge >= 0.3 is 0 Å². The fourth-order valence-electron chi connectivity index (χ4n) is 2.99. The molecule has 0 saturated carbocycles. The molecule has 0 unspecified atom stereocenters. The van der Waals surface area contributed by atoms with E-state index in [9.17, 15) is 10.1 Å². The van der Waals surface area contributed by atoms with E-state index >= 15 is 0 Å². The molecule has 1 fully saturated rings. The third-order valence-corrected chi connectivity index (χ3v) is 4.48. The summed E-state index contributed by atoms with van der Waals surface area (Å²) in [6, 6.07) is 11.0. The van der Waals surface area contributed by atoms with Crippen LogP contribution in [0.25, 0.3) is 0 Å². The first kappa shape index (κ1) is 16.5. The molecule has 1 aromatic heterocycles. The molecule has 1 aliphatic rings. The molecule has 1 saturated heterocycles. The van der Waals surface area contributed by atoms with Crippen LogP contribution in [0.5, 0.6) is 0 Å². The van der Waals surface area contributed by atoms with Crippen LogP contribution >= 0.6 is 0 Å². The van der Waals surface area contributed by atoms with Gasteiger partial charge < -0.3 is 4.90 Å². The summed E-state index contributed by atoms with van der Waals surface area (Å²) in [7, 11) is 0. The number of aromatic nitrogens is 1. The highest BCUT2D eigenvalue weighted by molar-refractivity contribution is 5.32. The number of nitro groups is 1. The number of benzene rings is 1.